The lowest BCUT2D eigenvalue weighted by Gasteiger charge is -2.13. The van der Waals surface area contributed by atoms with Gasteiger partial charge in [-0.3, -0.25) is 10.1 Å². The van der Waals surface area contributed by atoms with E-state index in [9.17, 15) is 10.1 Å². The van der Waals surface area contributed by atoms with Crippen molar-refractivity contribution in [2.75, 3.05) is 13.7 Å². The molecule has 0 N–H and O–H groups in total. The van der Waals surface area contributed by atoms with E-state index in [1.165, 1.54) is 0 Å². The third-order valence-electron chi connectivity index (χ3n) is 3.21. The van der Waals surface area contributed by atoms with Crippen molar-refractivity contribution in [1.82, 2.24) is 0 Å². The van der Waals surface area contributed by atoms with Crippen LogP contribution in [0.2, 0.25) is 0 Å². The molecular weight excluding hydrogens is 170 g/mol. The zero-order chi connectivity index (χ0) is 9.42. The molecule has 2 aliphatic carbocycles. The Hall–Kier alpha value is -0.900. The maximum absolute atomic E-state index is 10.7. The fourth-order valence-corrected chi connectivity index (χ4v) is 2.60. The number of methoxy groups -OCH3 is 1. The second-order valence-electron chi connectivity index (χ2n) is 3.83. The van der Waals surface area contributed by atoms with Crippen LogP contribution in [0.4, 0.5) is 0 Å². The maximum atomic E-state index is 10.7. The van der Waals surface area contributed by atoms with Gasteiger partial charge < -0.3 is 4.74 Å². The van der Waals surface area contributed by atoms with Gasteiger partial charge in [-0.25, -0.2) is 0 Å². The van der Waals surface area contributed by atoms with E-state index >= 15 is 0 Å². The van der Waals surface area contributed by atoms with Gasteiger partial charge in [0.05, 0.1) is 12.5 Å². The van der Waals surface area contributed by atoms with E-state index in [1.54, 1.807) is 7.11 Å². The average Bonchev–Trinajstić information content (AvgIpc) is 2.63. The number of allylic oxidation sites excluding steroid dienone is 1. The summed E-state index contributed by atoms with van der Waals surface area (Å²) < 4.78 is 5.07. The van der Waals surface area contributed by atoms with Crippen molar-refractivity contribution in [3.63, 3.8) is 0 Å². The largest absolute Gasteiger partial charge is 0.384 e. The van der Waals surface area contributed by atoms with Crippen molar-refractivity contribution in [2.45, 2.75) is 12.5 Å². The lowest BCUT2D eigenvalue weighted by atomic mass is 9.97. The van der Waals surface area contributed by atoms with Crippen LogP contribution < -0.4 is 0 Å². The highest BCUT2D eigenvalue weighted by molar-refractivity contribution is 5.15. The molecule has 0 heterocycles. The molecule has 0 aromatic carbocycles. The molecule has 1 saturated carbocycles. The number of hydrogen-bond donors (Lipinski definition) is 0. The Bertz CT molecular complexity index is 251. The fraction of sp³-hybridized carbons (Fsp3) is 0.778. The number of ether oxygens (including phenoxy) is 1. The Morgan fingerprint density at radius 3 is 2.92 bits per heavy atom. The molecule has 0 aromatic rings. The van der Waals surface area contributed by atoms with E-state index in [-0.39, 0.29) is 16.9 Å². The molecule has 0 unspecified atom stereocenters. The van der Waals surface area contributed by atoms with Gasteiger partial charge in [0.25, 0.3) is 0 Å². The van der Waals surface area contributed by atoms with Gasteiger partial charge in [-0.2, -0.15) is 0 Å². The van der Waals surface area contributed by atoms with Crippen LogP contribution in [0.25, 0.3) is 0 Å². The molecule has 72 valence electrons. The molecule has 0 amide bonds. The molecule has 0 aromatic heterocycles. The first-order chi connectivity index (χ1) is 6.24. The van der Waals surface area contributed by atoms with Crippen LogP contribution in [0.15, 0.2) is 12.2 Å². The molecule has 4 heteroatoms. The monoisotopic (exact) mass is 183 g/mol. The summed E-state index contributed by atoms with van der Waals surface area (Å²) >= 11 is 0. The first-order valence-corrected chi connectivity index (χ1v) is 4.55. The quantitative estimate of drug-likeness (QED) is 0.374. The molecule has 0 saturated heterocycles. The summed E-state index contributed by atoms with van der Waals surface area (Å²) in [6, 6.07) is -0.366. The number of rotatable bonds is 3. The van der Waals surface area contributed by atoms with Crippen molar-refractivity contribution < 1.29 is 9.66 Å². The Kier molecular flexibility index (Phi) is 2.07. The van der Waals surface area contributed by atoms with Crippen molar-refractivity contribution in [2.24, 2.45) is 17.8 Å². The second kappa shape index (κ2) is 3.10. The zero-order valence-electron chi connectivity index (χ0n) is 7.55. The molecule has 2 rings (SSSR count). The van der Waals surface area contributed by atoms with Gasteiger partial charge in [0.15, 0.2) is 0 Å². The first kappa shape index (κ1) is 8.69. The molecule has 1 fully saturated rings. The normalized spacial score (nSPS) is 41.3. The Morgan fingerprint density at radius 2 is 2.38 bits per heavy atom. The summed E-state index contributed by atoms with van der Waals surface area (Å²) in [5.41, 5.74) is 0. The van der Waals surface area contributed by atoms with Crippen LogP contribution in [-0.2, 0) is 4.74 Å². The van der Waals surface area contributed by atoms with Gasteiger partial charge in [-0.1, -0.05) is 12.2 Å². The first-order valence-electron chi connectivity index (χ1n) is 4.55. The van der Waals surface area contributed by atoms with Crippen LogP contribution in [0.5, 0.6) is 0 Å². The summed E-state index contributed by atoms with van der Waals surface area (Å²) in [6.07, 6.45) is 4.79. The van der Waals surface area contributed by atoms with E-state index < -0.39 is 0 Å². The Labute approximate surface area is 76.7 Å². The van der Waals surface area contributed by atoms with Crippen molar-refractivity contribution in [3.8, 4) is 0 Å². The lowest BCUT2D eigenvalue weighted by molar-refractivity contribution is -0.527. The van der Waals surface area contributed by atoms with Gasteiger partial charge in [0.2, 0.25) is 6.04 Å². The minimum atomic E-state index is -0.366. The molecule has 0 spiro atoms. The molecule has 4 atom stereocenters. The molecule has 13 heavy (non-hydrogen) atoms. The Balaban J connectivity index is 2.10. The molecule has 0 radical (unpaired) electrons. The number of nitro groups is 1. The van der Waals surface area contributed by atoms with Crippen molar-refractivity contribution in [1.29, 1.82) is 0 Å². The molecular formula is C9H13NO3. The van der Waals surface area contributed by atoms with Crippen molar-refractivity contribution >= 4 is 0 Å². The minimum Gasteiger partial charge on any atom is -0.384 e. The van der Waals surface area contributed by atoms with E-state index in [1.807, 2.05) is 6.08 Å². The van der Waals surface area contributed by atoms with Gasteiger partial charge in [-0.15, -0.1) is 0 Å². The second-order valence-corrected chi connectivity index (χ2v) is 3.83. The standard InChI is InChI=1S/C9H13NO3/c1-13-5-8-6-2-3-7(8)9(4-6)10(11)12/h2-3,6-9H,4-5H2,1H3/t6-,7-,8-,9+/m1/s1. The summed E-state index contributed by atoms with van der Waals surface area (Å²) in [5, 5.41) is 10.7. The molecule has 2 bridgehead atoms. The van der Waals surface area contributed by atoms with Gasteiger partial charge >= 0.3 is 0 Å². The molecule has 2 aliphatic rings. The number of hydrogen-bond acceptors (Lipinski definition) is 3. The predicted octanol–water partition coefficient (Wildman–Crippen LogP) is 1.10. The van der Waals surface area contributed by atoms with Crippen LogP contribution in [0.1, 0.15) is 6.42 Å². The highest BCUT2D eigenvalue weighted by Crippen LogP contribution is 2.45. The summed E-state index contributed by atoms with van der Waals surface area (Å²) in [6.45, 7) is 0.646. The number of fused-ring (bicyclic) bond motifs is 2. The van der Waals surface area contributed by atoms with E-state index in [0.29, 0.717) is 24.9 Å². The summed E-state index contributed by atoms with van der Waals surface area (Å²) in [5.74, 6) is 0.834. The highest BCUT2D eigenvalue weighted by Gasteiger charge is 2.50. The topological polar surface area (TPSA) is 52.4 Å². The highest BCUT2D eigenvalue weighted by atomic mass is 16.6. The van der Waals surface area contributed by atoms with Gasteiger partial charge in [0.1, 0.15) is 0 Å². The van der Waals surface area contributed by atoms with Gasteiger partial charge in [0, 0.05) is 24.4 Å². The summed E-state index contributed by atoms with van der Waals surface area (Å²) in [7, 11) is 1.65. The van der Waals surface area contributed by atoms with E-state index in [2.05, 4.69) is 6.08 Å². The lowest BCUT2D eigenvalue weighted by Crippen LogP contribution is -2.26. The van der Waals surface area contributed by atoms with Crippen LogP contribution >= 0.6 is 0 Å². The predicted molar refractivity (Wildman–Crippen MR) is 46.9 cm³/mol. The Morgan fingerprint density at radius 1 is 1.62 bits per heavy atom. The van der Waals surface area contributed by atoms with E-state index in [0.717, 1.165) is 0 Å². The smallest absolute Gasteiger partial charge is 0.220 e. The van der Waals surface area contributed by atoms with E-state index in [4.69, 9.17) is 4.74 Å². The third kappa shape index (κ3) is 1.25. The van der Waals surface area contributed by atoms with Crippen molar-refractivity contribution in [3.05, 3.63) is 22.3 Å². The maximum Gasteiger partial charge on any atom is 0.220 e. The third-order valence-corrected chi connectivity index (χ3v) is 3.21. The fourth-order valence-electron chi connectivity index (χ4n) is 2.60. The van der Waals surface area contributed by atoms with Crippen LogP contribution in [0, 0.1) is 27.9 Å². The van der Waals surface area contributed by atoms with Crippen LogP contribution in [0.3, 0.4) is 0 Å². The van der Waals surface area contributed by atoms with Gasteiger partial charge in [-0.05, 0) is 5.92 Å². The molecule has 4 nitrogen and oxygen atoms in total. The minimum absolute atomic E-state index is 0.111. The summed E-state index contributed by atoms with van der Waals surface area (Å²) in [4.78, 5) is 10.5. The SMILES string of the molecule is COC[C@H]1[C@H]2C=C[C@@H]1C[C@@H]2[N+](=O)[O-]. The average molecular weight is 183 g/mol. The zero-order valence-corrected chi connectivity index (χ0v) is 7.55. The number of nitrogens with zero attached hydrogens (tertiary/aromatic N) is 1. The van der Waals surface area contributed by atoms with Crippen LogP contribution in [-0.4, -0.2) is 24.7 Å². The molecule has 0 aliphatic heterocycles.